The molecule has 0 spiro atoms. The number of hydrogen-bond acceptors (Lipinski definition) is 7. The number of unbranched alkanes of at least 4 members (excludes halogenated alkanes) is 1. The van der Waals surface area contributed by atoms with Gasteiger partial charge in [0.25, 0.3) is 5.91 Å². The van der Waals surface area contributed by atoms with Gasteiger partial charge < -0.3 is 9.47 Å². The van der Waals surface area contributed by atoms with Gasteiger partial charge in [0.2, 0.25) is 10.0 Å². The van der Waals surface area contributed by atoms with Crippen LogP contribution in [0.15, 0.2) is 18.3 Å². The quantitative estimate of drug-likeness (QED) is 0.455. The Hall–Kier alpha value is -2.00. The highest BCUT2D eigenvalue weighted by atomic mass is 32.2. The molecule has 0 fully saturated rings. The number of ether oxygens (including phenoxy) is 2. The van der Waals surface area contributed by atoms with Gasteiger partial charge in [-0.2, -0.15) is 0 Å². The standard InChI is InChI=1S/C17H26N2O6S/c1-4-5-8-24-9-10-26(22,23)19-16(20)14-6-7-15(18-11-14)12-25-17(21)13(2)3/h6-7,11,13H,4-5,8-10,12H2,1-3H3,(H,19,20). The molecular weight excluding hydrogens is 360 g/mol. The Kier molecular flexibility index (Phi) is 9.22. The van der Waals surface area contributed by atoms with E-state index in [1.807, 2.05) is 11.6 Å². The largest absolute Gasteiger partial charge is 0.459 e. The molecule has 1 aromatic rings. The lowest BCUT2D eigenvalue weighted by atomic mass is 10.2. The van der Waals surface area contributed by atoms with Crippen LogP contribution in [-0.2, 0) is 30.9 Å². The molecule has 1 rings (SSSR count). The van der Waals surface area contributed by atoms with Crippen LogP contribution in [0.25, 0.3) is 0 Å². The molecule has 146 valence electrons. The van der Waals surface area contributed by atoms with E-state index < -0.39 is 15.9 Å². The summed E-state index contributed by atoms with van der Waals surface area (Å²) in [6.45, 7) is 5.96. The number of sulfonamides is 1. The van der Waals surface area contributed by atoms with Crippen LogP contribution in [0.5, 0.6) is 0 Å². The zero-order chi connectivity index (χ0) is 19.6. The molecule has 0 radical (unpaired) electrons. The first-order chi connectivity index (χ1) is 12.2. The summed E-state index contributed by atoms with van der Waals surface area (Å²) in [6.07, 6.45) is 3.06. The van der Waals surface area contributed by atoms with Crippen molar-refractivity contribution in [3.8, 4) is 0 Å². The number of carbonyl (C=O) groups excluding carboxylic acids is 2. The average molecular weight is 386 g/mol. The van der Waals surface area contributed by atoms with Crippen LogP contribution in [0.3, 0.4) is 0 Å². The molecule has 0 aliphatic rings. The molecule has 8 nitrogen and oxygen atoms in total. The Morgan fingerprint density at radius 1 is 1.23 bits per heavy atom. The second-order valence-electron chi connectivity index (χ2n) is 6.02. The van der Waals surface area contributed by atoms with Crippen molar-refractivity contribution >= 4 is 21.9 Å². The van der Waals surface area contributed by atoms with Gasteiger partial charge in [-0.1, -0.05) is 27.2 Å². The highest BCUT2D eigenvalue weighted by molar-refractivity contribution is 7.90. The number of rotatable bonds is 11. The summed E-state index contributed by atoms with van der Waals surface area (Å²) >= 11 is 0. The number of carbonyl (C=O) groups is 2. The molecular formula is C17H26N2O6S. The van der Waals surface area contributed by atoms with Crippen molar-refractivity contribution in [1.82, 2.24) is 9.71 Å². The number of aromatic nitrogens is 1. The van der Waals surface area contributed by atoms with E-state index in [-0.39, 0.29) is 36.4 Å². The maximum atomic E-state index is 12.0. The minimum Gasteiger partial charge on any atom is -0.459 e. The highest BCUT2D eigenvalue weighted by Crippen LogP contribution is 2.05. The Balaban J connectivity index is 2.50. The number of hydrogen-bond donors (Lipinski definition) is 1. The Morgan fingerprint density at radius 3 is 2.54 bits per heavy atom. The molecule has 0 bridgehead atoms. The average Bonchev–Trinajstić information content (AvgIpc) is 2.59. The zero-order valence-corrected chi connectivity index (χ0v) is 16.2. The third kappa shape index (κ3) is 8.39. The maximum Gasteiger partial charge on any atom is 0.308 e. The first kappa shape index (κ1) is 22.0. The van der Waals surface area contributed by atoms with Crippen molar-refractivity contribution in [3.63, 3.8) is 0 Å². The monoisotopic (exact) mass is 386 g/mol. The van der Waals surface area contributed by atoms with Gasteiger partial charge in [-0.05, 0) is 18.6 Å². The molecule has 9 heteroatoms. The topological polar surface area (TPSA) is 112 Å². The van der Waals surface area contributed by atoms with E-state index in [1.54, 1.807) is 13.8 Å². The summed E-state index contributed by atoms with van der Waals surface area (Å²) in [6, 6.07) is 2.93. The minimum absolute atomic E-state index is 0.00763. The Morgan fingerprint density at radius 2 is 1.96 bits per heavy atom. The van der Waals surface area contributed by atoms with Crippen LogP contribution in [0, 0.1) is 5.92 Å². The van der Waals surface area contributed by atoms with Crippen molar-refractivity contribution < 1.29 is 27.5 Å². The van der Waals surface area contributed by atoms with Crippen LogP contribution in [0.2, 0.25) is 0 Å². The van der Waals surface area contributed by atoms with E-state index in [9.17, 15) is 18.0 Å². The fraction of sp³-hybridized carbons (Fsp3) is 0.588. The molecule has 0 saturated carbocycles. The summed E-state index contributed by atoms with van der Waals surface area (Å²) in [4.78, 5) is 27.4. The summed E-state index contributed by atoms with van der Waals surface area (Å²) in [5.41, 5.74) is 0.558. The molecule has 0 aromatic carbocycles. The van der Waals surface area contributed by atoms with Crippen LogP contribution >= 0.6 is 0 Å². The fourth-order valence-corrected chi connectivity index (χ4v) is 2.56. The lowest BCUT2D eigenvalue weighted by Gasteiger charge is -2.09. The van der Waals surface area contributed by atoms with Crippen LogP contribution in [0.4, 0.5) is 0 Å². The third-order valence-electron chi connectivity index (χ3n) is 3.31. The molecule has 1 amide bonds. The van der Waals surface area contributed by atoms with Gasteiger partial charge in [-0.3, -0.25) is 14.6 Å². The second-order valence-corrected chi connectivity index (χ2v) is 7.86. The first-order valence-corrected chi connectivity index (χ1v) is 10.1. The number of nitrogens with zero attached hydrogens (tertiary/aromatic N) is 1. The first-order valence-electron chi connectivity index (χ1n) is 8.49. The van der Waals surface area contributed by atoms with Gasteiger partial charge in [0.15, 0.2) is 0 Å². The smallest absolute Gasteiger partial charge is 0.308 e. The fourth-order valence-electron chi connectivity index (χ4n) is 1.72. The van der Waals surface area contributed by atoms with Gasteiger partial charge in [-0.15, -0.1) is 0 Å². The van der Waals surface area contributed by atoms with Crippen molar-refractivity contribution in [1.29, 1.82) is 0 Å². The molecule has 0 aliphatic carbocycles. The molecule has 0 saturated heterocycles. The number of pyridine rings is 1. The molecule has 1 heterocycles. The van der Waals surface area contributed by atoms with E-state index in [4.69, 9.17) is 9.47 Å². The summed E-state index contributed by atoms with van der Waals surface area (Å²) in [5, 5.41) is 0. The molecule has 0 unspecified atom stereocenters. The lowest BCUT2D eigenvalue weighted by molar-refractivity contribution is -0.148. The third-order valence-corrected chi connectivity index (χ3v) is 4.51. The van der Waals surface area contributed by atoms with E-state index in [2.05, 4.69) is 4.98 Å². The maximum absolute atomic E-state index is 12.0. The normalized spacial score (nSPS) is 11.4. The van der Waals surface area contributed by atoms with Crippen molar-refractivity contribution in [2.45, 2.75) is 40.2 Å². The van der Waals surface area contributed by atoms with Gasteiger partial charge >= 0.3 is 5.97 Å². The number of esters is 1. The molecule has 0 atom stereocenters. The summed E-state index contributed by atoms with van der Waals surface area (Å²) in [5.74, 6) is -1.65. The lowest BCUT2D eigenvalue weighted by Crippen LogP contribution is -2.34. The molecule has 1 aromatic heterocycles. The van der Waals surface area contributed by atoms with Gasteiger partial charge in [0.1, 0.15) is 6.61 Å². The van der Waals surface area contributed by atoms with Crippen molar-refractivity contribution in [3.05, 3.63) is 29.6 Å². The number of amides is 1. The van der Waals surface area contributed by atoms with Gasteiger partial charge in [0.05, 0.1) is 29.5 Å². The van der Waals surface area contributed by atoms with Crippen molar-refractivity contribution in [2.75, 3.05) is 19.0 Å². The predicted molar refractivity (Wildman–Crippen MR) is 95.9 cm³/mol. The SMILES string of the molecule is CCCCOCCS(=O)(=O)NC(=O)c1ccc(COC(=O)C(C)C)nc1. The highest BCUT2D eigenvalue weighted by Gasteiger charge is 2.16. The van der Waals surface area contributed by atoms with Crippen molar-refractivity contribution in [2.24, 2.45) is 5.92 Å². The van der Waals surface area contributed by atoms with E-state index in [1.165, 1.54) is 18.3 Å². The summed E-state index contributed by atoms with van der Waals surface area (Å²) in [7, 11) is -3.78. The van der Waals surface area contributed by atoms with E-state index in [0.29, 0.717) is 12.3 Å². The summed E-state index contributed by atoms with van der Waals surface area (Å²) < 4.78 is 35.9. The van der Waals surface area contributed by atoms with Gasteiger partial charge in [0, 0.05) is 12.8 Å². The predicted octanol–water partition coefficient (Wildman–Crippen LogP) is 1.66. The van der Waals surface area contributed by atoms with Crippen LogP contribution in [0.1, 0.15) is 49.7 Å². The molecule has 1 N–H and O–H groups in total. The van der Waals surface area contributed by atoms with E-state index >= 15 is 0 Å². The minimum atomic E-state index is -3.78. The zero-order valence-electron chi connectivity index (χ0n) is 15.4. The van der Waals surface area contributed by atoms with Crippen LogP contribution in [-0.4, -0.2) is 44.2 Å². The molecule has 26 heavy (non-hydrogen) atoms. The van der Waals surface area contributed by atoms with Crippen LogP contribution < -0.4 is 4.72 Å². The number of nitrogens with one attached hydrogen (secondary N) is 1. The molecule has 0 aliphatic heterocycles. The second kappa shape index (κ2) is 10.9. The van der Waals surface area contributed by atoms with E-state index in [0.717, 1.165) is 12.8 Å². The Labute approximate surface area is 154 Å². The Bertz CT molecular complexity index is 686. The van der Waals surface area contributed by atoms with Gasteiger partial charge in [-0.25, -0.2) is 13.1 Å².